The Morgan fingerprint density at radius 1 is 1.14 bits per heavy atom. The molecule has 0 spiro atoms. The van der Waals surface area contributed by atoms with Crippen LogP contribution in [0.5, 0.6) is 5.75 Å². The van der Waals surface area contributed by atoms with Gasteiger partial charge in [0.25, 0.3) is 5.56 Å². The minimum absolute atomic E-state index is 0.109. The summed E-state index contributed by atoms with van der Waals surface area (Å²) in [4.78, 5) is 36.2. The van der Waals surface area contributed by atoms with Crippen LogP contribution in [0.2, 0.25) is 0 Å². The van der Waals surface area contributed by atoms with Gasteiger partial charge in [0.2, 0.25) is 0 Å². The van der Waals surface area contributed by atoms with Crippen molar-refractivity contribution in [2.75, 3.05) is 20.8 Å². The number of carbonyl (C=O) groups excluding carboxylic acids is 2. The Labute approximate surface area is 122 Å². The number of nitrogens with zero attached hydrogens (tertiary/aromatic N) is 1. The summed E-state index contributed by atoms with van der Waals surface area (Å²) >= 11 is 0. The van der Waals surface area contributed by atoms with Gasteiger partial charge in [0.1, 0.15) is 11.1 Å². The molecule has 0 aliphatic carbocycles. The molecule has 0 saturated heterocycles. The van der Waals surface area contributed by atoms with Gasteiger partial charge in [-0.25, -0.2) is 9.59 Å². The number of hydrogen-bond acceptors (Lipinski definition) is 6. The Morgan fingerprint density at radius 3 is 2.10 bits per heavy atom. The summed E-state index contributed by atoms with van der Waals surface area (Å²) in [5, 5.41) is 0. The molecule has 0 aliphatic rings. The van der Waals surface area contributed by atoms with Gasteiger partial charge >= 0.3 is 11.9 Å². The Balaban J connectivity index is 3.79. The second kappa shape index (κ2) is 6.92. The van der Waals surface area contributed by atoms with Gasteiger partial charge < -0.3 is 18.8 Å². The standard InChI is InChI=1S/C14H19NO6/c1-6-21-9-7-15(8(2)3)12(16)11(14(18)20-5)10(9)13(17)19-4/h7-8H,6H2,1-5H3. The van der Waals surface area contributed by atoms with Crippen molar-refractivity contribution >= 4 is 11.9 Å². The first-order chi connectivity index (χ1) is 9.88. The molecule has 0 amide bonds. The predicted octanol–water partition coefficient (Wildman–Crippen LogP) is 1.40. The number of esters is 2. The van der Waals surface area contributed by atoms with Crippen molar-refractivity contribution < 1.29 is 23.8 Å². The SMILES string of the molecule is CCOc1cn(C(C)C)c(=O)c(C(=O)OC)c1C(=O)OC. The highest BCUT2D eigenvalue weighted by atomic mass is 16.5. The fourth-order valence-electron chi connectivity index (χ4n) is 1.85. The molecule has 0 aromatic carbocycles. The number of aromatic nitrogens is 1. The van der Waals surface area contributed by atoms with Crippen LogP contribution >= 0.6 is 0 Å². The summed E-state index contributed by atoms with van der Waals surface area (Å²) in [6, 6.07) is -0.216. The zero-order valence-electron chi connectivity index (χ0n) is 12.8. The van der Waals surface area contributed by atoms with E-state index in [-0.39, 0.29) is 29.5 Å². The number of hydrogen-bond donors (Lipinski definition) is 0. The highest BCUT2D eigenvalue weighted by Crippen LogP contribution is 2.23. The van der Waals surface area contributed by atoms with Crippen LogP contribution in [0.15, 0.2) is 11.0 Å². The summed E-state index contributed by atoms with van der Waals surface area (Å²) in [7, 11) is 2.29. The summed E-state index contributed by atoms with van der Waals surface area (Å²) in [5.41, 5.74) is -1.22. The zero-order valence-corrected chi connectivity index (χ0v) is 12.8. The smallest absolute Gasteiger partial charge is 0.344 e. The molecule has 1 aromatic rings. The average Bonchev–Trinajstić information content (AvgIpc) is 2.46. The monoisotopic (exact) mass is 297 g/mol. The van der Waals surface area contributed by atoms with E-state index in [0.29, 0.717) is 0 Å². The van der Waals surface area contributed by atoms with Crippen molar-refractivity contribution in [3.05, 3.63) is 27.7 Å². The summed E-state index contributed by atoms with van der Waals surface area (Å²) in [6.45, 7) is 5.54. The Hall–Kier alpha value is -2.31. The molecule has 7 nitrogen and oxygen atoms in total. The molecule has 0 N–H and O–H groups in total. The Bertz CT molecular complexity index is 602. The topological polar surface area (TPSA) is 83.8 Å². The molecule has 0 saturated carbocycles. The van der Waals surface area contributed by atoms with Crippen LogP contribution in [0.4, 0.5) is 0 Å². The summed E-state index contributed by atoms with van der Waals surface area (Å²) < 4.78 is 15.9. The van der Waals surface area contributed by atoms with E-state index in [4.69, 9.17) is 4.74 Å². The van der Waals surface area contributed by atoms with E-state index in [1.54, 1.807) is 20.8 Å². The van der Waals surface area contributed by atoms with E-state index >= 15 is 0 Å². The van der Waals surface area contributed by atoms with Gasteiger partial charge in [-0.15, -0.1) is 0 Å². The van der Waals surface area contributed by atoms with Gasteiger partial charge in [0.05, 0.1) is 27.0 Å². The van der Waals surface area contributed by atoms with E-state index in [1.807, 2.05) is 0 Å². The van der Waals surface area contributed by atoms with Crippen molar-refractivity contribution in [2.45, 2.75) is 26.8 Å². The minimum atomic E-state index is -0.906. The molecule has 1 heterocycles. The van der Waals surface area contributed by atoms with Crippen molar-refractivity contribution in [3.63, 3.8) is 0 Å². The molecule has 116 valence electrons. The molecule has 0 fully saturated rings. The lowest BCUT2D eigenvalue weighted by Gasteiger charge is -2.17. The predicted molar refractivity (Wildman–Crippen MR) is 74.9 cm³/mol. The second-order valence-corrected chi connectivity index (χ2v) is 4.47. The molecule has 0 bridgehead atoms. The lowest BCUT2D eigenvalue weighted by atomic mass is 10.1. The van der Waals surface area contributed by atoms with Gasteiger partial charge in [0.15, 0.2) is 5.75 Å². The third-order valence-electron chi connectivity index (χ3n) is 2.84. The normalized spacial score (nSPS) is 10.4. The Morgan fingerprint density at radius 2 is 1.67 bits per heavy atom. The quantitative estimate of drug-likeness (QED) is 0.764. The minimum Gasteiger partial charge on any atom is -0.491 e. The molecule has 0 atom stereocenters. The van der Waals surface area contributed by atoms with Gasteiger partial charge in [-0.2, -0.15) is 0 Å². The third kappa shape index (κ3) is 3.24. The van der Waals surface area contributed by atoms with Crippen LogP contribution in [-0.4, -0.2) is 37.3 Å². The van der Waals surface area contributed by atoms with Crippen molar-refractivity contribution in [1.29, 1.82) is 0 Å². The van der Waals surface area contributed by atoms with E-state index in [0.717, 1.165) is 14.2 Å². The fraction of sp³-hybridized carbons (Fsp3) is 0.500. The lowest BCUT2D eigenvalue weighted by molar-refractivity contribution is 0.0548. The highest BCUT2D eigenvalue weighted by molar-refractivity contribution is 6.04. The zero-order chi connectivity index (χ0) is 16.2. The molecule has 21 heavy (non-hydrogen) atoms. The van der Waals surface area contributed by atoms with Crippen LogP contribution in [-0.2, 0) is 9.47 Å². The summed E-state index contributed by atoms with van der Waals surface area (Å²) in [6.07, 6.45) is 1.40. The second-order valence-electron chi connectivity index (χ2n) is 4.47. The maximum absolute atomic E-state index is 12.4. The first kappa shape index (κ1) is 16.7. The number of carbonyl (C=O) groups is 2. The van der Waals surface area contributed by atoms with Gasteiger partial charge in [-0.3, -0.25) is 4.79 Å². The van der Waals surface area contributed by atoms with Crippen molar-refractivity contribution in [2.24, 2.45) is 0 Å². The van der Waals surface area contributed by atoms with Crippen LogP contribution in [0, 0.1) is 0 Å². The highest BCUT2D eigenvalue weighted by Gasteiger charge is 2.29. The van der Waals surface area contributed by atoms with Crippen molar-refractivity contribution in [1.82, 2.24) is 4.57 Å². The largest absolute Gasteiger partial charge is 0.491 e. The van der Waals surface area contributed by atoms with E-state index in [9.17, 15) is 14.4 Å². The number of rotatable bonds is 5. The molecule has 0 radical (unpaired) electrons. The first-order valence-corrected chi connectivity index (χ1v) is 6.47. The lowest BCUT2D eigenvalue weighted by Crippen LogP contribution is -2.32. The van der Waals surface area contributed by atoms with Gasteiger partial charge in [-0.1, -0.05) is 0 Å². The number of methoxy groups -OCH3 is 2. The van der Waals surface area contributed by atoms with Crippen LogP contribution < -0.4 is 10.3 Å². The van der Waals surface area contributed by atoms with E-state index in [2.05, 4.69) is 9.47 Å². The maximum Gasteiger partial charge on any atom is 0.344 e. The summed E-state index contributed by atoms with van der Waals surface area (Å²) in [5.74, 6) is -1.62. The van der Waals surface area contributed by atoms with Crippen LogP contribution in [0.3, 0.4) is 0 Å². The van der Waals surface area contributed by atoms with E-state index in [1.165, 1.54) is 10.8 Å². The molecular formula is C14H19NO6. The molecule has 0 aliphatic heterocycles. The molecule has 1 aromatic heterocycles. The van der Waals surface area contributed by atoms with E-state index < -0.39 is 17.5 Å². The first-order valence-electron chi connectivity index (χ1n) is 6.47. The molecule has 1 rings (SSSR count). The molecule has 0 unspecified atom stereocenters. The van der Waals surface area contributed by atoms with Crippen LogP contribution in [0.25, 0.3) is 0 Å². The van der Waals surface area contributed by atoms with Gasteiger partial charge in [0, 0.05) is 6.04 Å². The van der Waals surface area contributed by atoms with Gasteiger partial charge in [-0.05, 0) is 20.8 Å². The number of ether oxygens (including phenoxy) is 3. The Kier molecular flexibility index (Phi) is 5.52. The average molecular weight is 297 g/mol. The third-order valence-corrected chi connectivity index (χ3v) is 2.84. The molecule has 7 heteroatoms. The van der Waals surface area contributed by atoms with Crippen LogP contribution in [0.1, 0.15) is 47.5 Å². The number of pyridine rings is 1. The maximum atomic E-state index is 12.4. The van der Waals surface area contributed by atoms with Crippen molar-refractivity contribution in [3.8, 4) is 5.75 Å². The molecular weight excluding hydrogens is 278 g/mol. The fourth-order valence-corrected chi connectivity index (χ4v) is 1.85.